The average Bonchev–Trinajstić information content (AvgIpc) is 2.74. The van der Waals surface area contributed by atoms with Crippen LogP contribution in [0.25, 0.3) is 0 Å². The van der Waals surface area contributed by atoms with Gasteiger partial charge in [-0.15, -0.1) is 0 Å². The Morgan fingerprint density at radius 3 is 2.07 bits per heavy atom. The smallest absolute Gasteiger partial charge is 0.165 e. The summed E-state index contributed by atoms with van der Waals surface area (Å²) in [5, 5.41) is 0. The molecule has 166 valence electrons. The highest BCUT2D eigenvalue weighted by Gasteiger charge is 2.20. The molecule has 0 unspecified atom stereocenters. The molecule has 0 amide bonds. The molecule has 1 nitrogen and oxygen atoms in total. The highest BCUT2D eigenvalue weighted by atomic mass is 19.1. The van der Waals surface area contributed by atoms with E-state index in [0.29, 0.717) is 12.4 Å². The van der Waals surface area contributed by atoms with Gasteiger partial charge in [0.2, 0.25) is 0 Å². The molecular formula is C27H45FO. The van der Waals surface area contributed by atoms with Crippen molar-refractivity contribution >= 4 is 0 Å². The van der Waals surface area contributed by atoms with E-state index in [9.17, 15) is 4.39 Å². The first kappa shape index (κ1) is 24.2. The van der Waals surface area contributed by atoms with Crippen LogP contribution in [-0.2, 0) is 6.42 Å². The van der Waals surface area contributed by atoms with Gasteiger partial charge >= 0.3 is 0 Å². The summed E-state index contributed by atoms with van der Waals surface area (Å²) in [6.45, 7) is 5.10. The summed E-state index contributed by atoms with van der Waals surface area (Å²) in [6.07, 6.45) is 20.9. The topological polar surface area (TPSA) is 9.23 Å². The maximum Gasteiger partial charge on any atom is 0.165 e. The predicted molar refractivity (Wildman–Crippen MR) is 123 cm³/mol. The molecule has 1 aromatic carbocycles. The molecule has 0 radical (unpaired) electrons. The number of hydrogen-bond acceptors (Lipinski definition) is 1. The van der Waals surface area contributed by atoms with E-state index in [0.717, 1.165) is 36.7 Å². The maximum atomic E-state index is 14.3. The van der Waals surface area contributed by atoms with Crippen molar-refractivity contribution in [2.24, 2.45) is 11.8 Å². The average molecular weight is 405 g/mol. The van der Waals surface area contributed by atoms with Crippen LogP contribution in [0.15, 0.2) is 18.2 Å². The van der Waals surface area contributed by atoms with Crippen LogP contribution in [0.2, 0.25) is 0 Å². The second kappa shape index (κ2) is 14.9. The number of aryl methyl sites for hydroxylation is 1. The van der Waals surface area contributed by atoms with E-state index in [-0.39, 0.29) is 5.82 Å². The van der Waals surface area contributed by atoms with Gasteiger partial charge in [-0.3, -0.25) is 0 Å². The highest BCUT2D eigenvalue weighted by Crippen LogP contribution is 2.34. The fourth-order valence-electron chi connectivity index (χ4n) is 4.74. The lowest BCUT2D eigenvalue weighted by Gasteiger charge is -2.28. The Kier molecular flexibility index (Phi) is 12.4. The summed E-state index contributed by atoms with van der Waals surface area (Å²) in [7, 11) is 0. The van der Waals surface area contributed by atoms with Crippen LogP contribution in [0.5, 0.6) is 5.75 Å². The summed E-state index contributed by atoms with van der Waals surface area (Å²) < 4.78 is 19.9. The van der Waals surface area contributed by atoms with Crippen molar-refractivity contribution < 1.29 is 9.13 Å². The standard InChI is InChI=1S/C27H45FO/c1-3-5-7-9-10-12-23-13-15-24(16-14-23)17-18-25-19-20-27(26(28)22-25)29-21-11-8-6-4-2/h19-20,22-24H,3-18,21H2,1-2H3/t23-,24-. The summed E-state index contributed by atoms with van der Waals surface area (Å²) in [5.74, 6) is 2.04. The van der Waals surface area contributed by atoms with Crippen LogP contribution in [0.1, 0.15) is 116 Å². The second-order valence-electron chi connectivity index (χ2n) is 9.30. The first-order chi connectivity index (χ1) is 14.2. The molecule has 29 heavy (non-hydrogen) atoms. The lowest BCUT2D eigenvalue weighted by atomic mass is 9.77. The minimum absolute atomic E-state index is 0.190. The van der Waals surface area contributed by atoms with Gasteiger partial charge in [0.15, 0.2) is 11.6 Å². The molecule has 0 aliphatic heterocycles. The van der Waals surface area contributed by atoms with Gasteiger partial charge in [-0.1, -0.05) is 103 Å². The Morgan fingerprint density at radius 1 is 0.793 bits per heavy atom. The Morgan fingerprint density at radius 2 is 1.41 bits per heavy atom. The van der Waals surface area contributed by atoms with E-state index in [1.54, 1.807) is 6.07 Å². The quantitative estimate of drug-likeness (QED) is 0.265. The molecule has 1 fully saturated rings. The number of benzene rings is 1. The fraction of sp³-hybridized carbons (Fsp3) is 0.778. The van der Waals surface area contributed by atoms with Gasteiger partial charge in [0, 0.05) is 0 Å². The van der Waals surface area contributed by atoms with Gasteiger partial charge in [-0.25, -0.2) is 4.39 Å². The van der Waals surface area contributed by atoms with Crippen molar-refractivity contribution in [3.63, 3.8) is 0 Å². The van der Waals surface area contributed by atoms with Crippen LogP contribution in [-0.4, -0.2) is 6.61 Å². The molecule has 0 atom stereocenters. The number of ether oxygens (including phenoxy) is 1. The van der Waals surface area contributed by atoms with Crippen molar-refractivity contribution in [1.82, 2.24) is 0 Å². The van der Waals surface area contributed by atoms with Crippen LogP contribution < -0.4 is 4.74 Å². The Balaban J connectivity index is 1.60. The number of rotatable bonds is 15. The minimum atomic E-state index is -0.190. The normalized spacial score (nSPS) is 19.4. The largest absolute Gasteiger partial charge is 0.491 e. The van der Waals surface area contributed by atoms with Crippen LogP contribution >= 0.6 is 0 Å². The zero-order valence-corrected chi connectivity index (χ0v) is 19.2. The third-order valence-electron chi connectivity index (χ3n) is 6.78. The maximum absolute atomic E-state index is 14.3. The van der Waals surface area contributed by atoms with E-state index in [2.05, 4.69) is 19.9 Å². The summed E-state index contributed by atoms with van der Waals surface area (Å²) >= 11 is 0. The highest BCUT2D eigenvalue weighted by molar-refractivity contribution is 5.29. The third kappa shape index (κ3) is 10.0. The van der Waals surface area contributed by atoms with E-state index in [1.807, 2.05) is 6.07 Å². The molecule has 2 heteroatoms. The molecule has 0 heterocycles. The molecular weight excluding hydrogens is 359 g/mol. The predicted octanol–water partition coefficient (Wildman–Crippen LogP) is 8.88. The molecule has 0 N–H and O–H groups in total. The zero-order valence-electron chi connectivity index (χ0n) is 19.2. The van der Waals surface area contributed by atoms with Crippen molar-refractivity contribution in [3.8, 4) is 5.75 Å². The summed E-state index contributed by atoms with van der Waals surface area (Å²) in [5.41, 5.74) is 1.12. The third-order valence-corrected chi connectivity index (χ3v) is 6.78. The molecule has 1 aliphatic carbocycles. The van der Waals surface area contributed by atoms with Crippen LogP contribution in [0.4, 0.5) is 4.39 Å². The molecule has 0 saturated heterocycles. The lowest BCUT2D eigenvalue weighted by Crippen LogP contribution is -2.15. The first-order valence-corrected chi connectivity index (χ1v) is 12.6. The van der Waals surface area contributed by atoms with Crippen LogP contribution in [0, 0.1) is 17.7 Å². The molecule has 2 rings (SSSR count). The number of unbranched alkanes of at least 4 members (excludes halogenated alkanes) is 7. The molecule has 0 bridgehead atoms. The van der Waals surface area contributed by atoms with E-state index in [1.165, 1.54) is 83.5 Å². The van der Waals surface area contributed by atoms with Gasteiger partial charge in [0.05, 0.1) is 6.61 Å². The number of hydrogen-bond donors (Lipinski definition) is 0. The van der Waals surface area contributed by atoms with Crippen molar-refractivity contribution in [2.45, 2.75) is 117 Å². The lowest BCUT2D eigenvalue weighted by molar-refractivity contribution is 0.248. The van der Waals surface area contributed by atoms with Gasteiger partial charge < -0.3 is 4.74 Å². The first-order valence-electron chi connectivity index (χ1n) is 12.6. The van der Waals surface area contributed by atoms with E-state index in [4.69, 9.17) is 4.74 Å². The van der Waals surface area contributed by atoms with Crippen molar-refractivity contribution in [3.05, 3.63) is 29.6 Å². The number of halogens is 1. The van der Waals surface area contributed by atoms with Crippen molar-refractivity contribution in [1.29, 1.82) is 0 Å². The van der Waals surface area contributed by atoms with E-state index < -0.39 is 0 Å². The SMILES string of the molecule is CCCCCCC[C@H]1CC[C@H](CCc2ccc(OCCCCCC)c(F)c2)CC1. The molecule has 0 aromatic heterocycles. The second-order valence-corrected chi connectivity index (χ2v) is 9.30. The summed E-state index contributed by atoms with van der Waals surface area (Å²) in [6, 6.07) is 5.59. The zero-order chi connectivity index (χ0) is 20.7. The molecule has 0 spiro atoms. The van der Waals surface area contributed by atoms with Gasteiger partial charge in [-0.2, -0.15) is 0 Å². The Bertz CT molecular complexity index is 533. The van der Waals surface area contributed by atoms with E-state index >= 15 is 0 Å². The summed E-state index contributed by atoms with van der Waals surface area (Å²) in [4.78, 5) is 0. The molecule has 1 aromatic rings. The monoisotopic (exact) mass is 404 g/mol. The molecule has 1 saturated carbocycles. The fourth-order valence-corrected chi connectivity index (χ4v) is 4.74. The van der Waals surface area contributed by atoms with Crippen LogP contribution in [0.3, 0.4) is 0 Å². The van der Waals surface area contributed by atoms with Gasteiger partial charge in [-0.05, 0) is 48.8 Å². The van der Waals surface area contributed by atoms with Gasteiger partial charge in [0.1, 0.15) is 0 Å². The minimum Gasteiger partial charge on any atom is -0.491 e. The Labute approximate surface area is 179 Å². The Hall–Kier alpha value is -1.05. The molecule has 1 aliphatic rings. The van der Waals surface area contributed by atoms with Crippen molar-refractivity contribution in [2.75, 3.05) is 6.61 Å². The van der Waals surface area contributed by atoms with Gasteiger partial charge in [0.25, 0.3) is 0 Å².